The normalized spacial score (nSPS) is 26.7. The number of rotatable bonds is 13. The highest BCUT2D eigenvalue weighted by Gasteiger charge is 2.63. The van der Waals surface area contributed by atoms with Crippen LogP contribution in [-0.4, -0.2) is 62.0 Å². The topological polar surface area (TPSA) is 181 Å². The van der Waals surface area contributed by atoms with Crippen LogP contribution in [0, 0.1) is 0 Å². The number of ether oxygens (including phenoxy) is 1. The van der Waals surface area contributed by atoms with Crippen molar-refractivity contribution in [1.29, 1.82) is 0 Å². The minimum Gasteiger partial charge on any atom is -0.463 e. The first kappa shape index (κ1) is 31.4. The zero-order chi connectivity index (χ0) is 29.7. The number of carbonyl (C=O) groups excluding carboxylic acids is 1. The lowest BCUT2D eigenvalue weighted by molar-refractivity contribution is -0.147. The van der Waals surface area contributed by atoms with Crippen LogP contribution in [0.15, 0.2) is 64.8 Å². The van der Waals surface area contributed by atoms with Gasteiger partial charge in [-0.2, -0.15) is 0 Å². The van der Waals surface area contributed by atoms with Crippen LogP contribution in [-0.2, 0) is 18.6 Å². The summed E-state index contributed by atoms with van der Waals surface area (Å²) >= 11 is 0. The summed E-state index contributed by atoms with van der Waals surface area (Å²) in [5.41, 5.74) is -4.18. The van der Waals surface area contributed by atoms with Gasteiger partial charge in [0.25, 0.3) is 5.56 Å². The standard InChI is InChI=1S/C25H34FN4O9P/c1-5-24(35)21(33)25(26,28-22(24)30-14-13-19(31)27-23(30)34)15-37-40(36,39-18-9-7-6-8-10-18)29-17(4)11-12-20(32)38-16(2)3/h5-10,13-14,16-17,21-22,28,33,35H,1,11-12,15H2,2-4H3,(H,29,36)(H,27,31,34)/t17?,21-,22-,24+,25+,40?/m0/s1. The summed E-state index contributed by atoms with van der Waals surface area (Å²) < 4.78 is 46.8. The molecule has 2 unspecified atom stereocenters. The van der Waals surface area contributed by atoms with Gasteiger partial charge in [-0.25, -0.2) is 18.8 Å². The molecule has 40 heavy (non-hydrogen) atoms. The van der Waals surface area contributed by atoms with Crippen molar-refractivity contribution >= 4 is 13.7 Å². The smallest absolute Gasteiger partial charge is 0.459 e. The second-order valence-electron chi connectivity index (χ2n) is 9.70. The summed E-state index contributed by atoms with van der Waals surface area (Å²) in [6, 6.07) is 8.23. The third-order valence-corrected chi connectivity index (χ3v) is 7.76. The summed E-state index contributed by atoms with van der Waals surface area (Å²) in [5.74, 6) is -3.32. The van der Waals surface area contributed by atoms with Gasteiger partial charge in [-0.05, 0) is 39.3 Å². The third kappa shape index (κ3) is 7.33. The second kappa shape index (κ2) is 12.6. The Labute approximate surface area is 229 Å². The molecule has 0 spiro atoms. The number of halogens is 1. The van der Waals surface area contributed by atoms with Gasteiger partial charge < -0.3 is 19.5 Å². The molecule has 3 rings (SSSR count). The van der Waals surface area contributed by atoms with Crippen molar-refractivity contribution < 1.29 is 37.7 Å². The molecule has 1 aliphatic heterocycles. The van der Waals surface area contributed by atoms with Crippen molar-refractivity contribution in [2.24, 2.45) is 0 Å². The molecule has 13 nitrogen and oxygen atoms in total. The molecule has 220 valence electrons. The van der Waals surface area contributed by atoms with Crippen molar-refractivity contribution in [2.75, 3.05) is 6.61 Å². The van der Waals surface area contributed by atoms with Crippen LogP contribution in [0.2, 0.25) is 0 Å². The van der Waals surface area contributed by atoms with Gasteiger partial charge in [-0.3, -0.25) is 29.0 Å². The van der Waals surface area contributed by atoms with Gasteiger partial charge >= 0.3 is 19.4 Å². The number of aromatic nitrogens is 2. The van der Waals surface area contributed by atoms with E-state index in [4.69, 9.17) is 13.8 Å². The van der Waals surface area contributed by atoms with Crippen molar-refractivity contribution in [2.45, 2.75) is 69.4 Å². The van der Waals surface area contributed by atoms with Crippen LogP contribution in [0.1, 0.15) is 39.8 Å². The Kier molecular flexibility index (Phi) is 9.88. The highest BCUT2D eigenvalue weighted by atomic mass is 31.2. The fraction of sp³-hybridized carbons (Fsp3) is 0.480. The molecule has 1 aromatic heterocycles. The highest BCUT2D eigenvalue weighted by molar-refractivity contribution is 7.52. The zero-order valence-corrected chi connectivity index (χ0v) is 23.2. The van der Waals surface area contributed by atoms with Gasteiger partial charge in [0, 0.05) is 24.7 Å². The number of carbonyl (C=O) groups is 1. The first-order chi connectivity index (χ1) is 18.7. The predicted molar refractivity (Wildman–Crippen MR) is 142 cm³/mol. The molecule has 2 aromatic rings. The number of esters is 1. The lowest BCUT2D eigenvalue weighted by atomic mass is 9.93. The maximum absolute atomic E-state index is 16.2. The van der Waals surface area contributed by atoms with Gasteiger partial charge in [0.1, 0.15) is 30.2 Å². The number of para-hydroxylation sites is 1. The van der Waals surface area contributed by atoms with Gasteiger partial charge in [0.2, 0.25) is 5.79 Å². The number of H-pyrrole nitrogens is 1. The summed E-state index contributed by atoms with van der Waals surface area (Å²) in [4.78, 5) is 37.7. The molecule has 5 N–H and O–H groups in total. The lowest BCUT2D eigenvalue weighted by Gasteiger charge is -2.31. The molecule has 0 bridgehead atoms. The Morgan fingerprint density at radius 3 is 2.55 bits per heavy atom. The van der Waals surface area contributed by atoms with E-state index in [1.807, 2.05) is 4.98 Å². The number of aliphatic hydroxyl groups excluding tert-OH is 1. The highest BCUT2D eigenvalue weighted by Crippen LogP contribution is 2.48. The predicted octanol–water partition coefficient (Wildman–Crippen LogP) is 1.50. The van der Waals surface area contributed by atoms with Crippen molar-refractivity contribution in [1.82, 2.24) is 20.0 Å². The fourth-order valence-corrected chi connectivity index (χ4v) is 5.69. The average molecular weight is 585 g/mol. The summed E-state index contributed by atoms with van der Waals surface area (Å²) in [6.07, 6.45) is -2.20. The number of aliphatic hydroxyl groups is 2. The van der Waals surface area contributed by atoms with Crippen LogP contribution in [0.3, 0.4) is 0 Å². The van der Waals surface area contributed by atoms with Crippen LogP contribution in [0.5, 0.6) is 5.75 Å². The molecule has 2 heterocycles. The lowest BCUT2D eigenvalue weighted by Crippen LogP contribution is -2.51. The van der Waals surface area contributed by atoms with Gasteiger partial charge in [-0.15, -0.1) is 6.58 Å². The summed E-state index contributed by atoms with van der Waals surface area (Å²) in [7, 11) is -4.38. The molecule has 0 saturated carbocycles. The van der Waals surface area contributed by atoms with Crippen LogP contribution in [0.25, 0.3) is 0 Å². The van der Waals surface area contributed by atoms with E-state index in [2.05, 4.69) is 17.0 Å². The Bertz CT molecular complexity index is 1350. The maximum Gasteiger partial charge on any atom is 0.459 e. The van der Waals surface area contributed by atoms with E-state index in [1.165, 1.54) is 12.1 Å². The Balaban J connectivity index is 1.83. The second-order valence-corrected chi connectivity index (χ2v) is 11.4. The number of alkyl halides is 1. The van der Waals surface area contributed by atoms with Crippen molar-refractivity contribution in [3.8, 4) is 5.75 Å². The first-order valence-corrected chi connectivity index (χ1v) is 14.0. The van der Waals surface area contributed by atoms with Crippen LogP contribution in [0.4, 0.5) is 4.39 Å². The summed E-state index contributed by atoms with van der Waals surface area (Å²) in [6.45, 7) is 7.33. The quantitative estimate of drug-likeness (QED) is 0.0996. The molecule has 0 amide bonds. The molecular weight excluding hydrogens is 550 g/mol. The van der Waals surface area contributed by atoms with E-state index in [1.54, 1.807) is 39.0 Å². The van der Waals surface area contributed by atoms with Gasteiger partial charge in [0.15, 0.2) is 0 Å². The van der Waals surface area contributed by atoms with Crippen molar-refractivity contribution in [3.05, 3.63) is 76.1 Å². The average Bonchev–Trinajstić information content (AvgIpc) is 3.08. The van der Waals surface area contributed by atoms with E-state index in [0.717, 1.165) is 22.9 Å². The van der Waals surface area contributed by atoms with Gasteiger partial charge in [-0.1, -0.05) is 24.3 Å². The zero-order valence-electron chi connectivity index (χ0n) is 22.3. The van der Waals surface area contributed by atoms with E-state index < -0.39 is 61.3 Å². The van der Waals surface area contributed by atoms with E-state index >= 15 is 4.39 Å². The first-order valence-electron chi connectivity index (χ1n) is 12.5. The van der Waals surface area contributed by atoms with E-state index in [9.17, 15) is 29.2 Å². The number of nitrogens with one attached hydrogen (secondary N) is 3. The van der Waals surface area contributed by atoms with Crippen LogP contribution >= 0.6 is 7.75 Å². The number of aromatic amines is 1. The molecule has 0 radical (unpaired) electrons. The number of nitrogens with zero attached hydrogens (tertiary/aromatic N) is 1. The van der Waals surface area contributed by atoms with E-state index in [-0.39, 0.29) is 24.7 Å². The molecular formula is C25H34FN4O9P. The molecule has 6 atom stereocenters. The molecule has 1 aliphatic rings. The Hall–Kier alpha value is -3.13. The maximum atomic E-state index is 16.2. The molecule has 1 fully saturated rings. The number of hydrogen-bond donors (Lipinski definition) is 5. The minimum absolute atomic E-state index is 0.00698. The fourth-order valence-electron chi connectivity index (χ4n) is 4.08. The largest absolute Gasteiger partial charge is 0.463 e. The summed E-state index contributed by atoms with van der Waals surface area (Å²) in [5, 5.41) is 26.8. The van der Waals surface area contributed by atoms with Gasteiger partial charge in [0.05, 0.1) is 6.10 Å². The Morgan fingerprint density at radius 1 is 1.27 bits per heavy atom. The molecule has 1 saturated heterocycles. The number of benzene rings is 1. The number of hydrogen-bond acceptors (Lipinski definition) is 10. The Morgan fingerprint density at radius 2 is 1.95 bits per heavy atom. The SMILES string of the molecule is C=C[C@]1(O)[C@H](n2ccc(=O)[nH]c2=O)N[C@](F)(COP(=O)(NC(C)CCC(=O)OC(C)C)Oc2ccccc2)[C@H]1O. The monoisotopic (exact) mass is 584 g/mol. The van der Waals surface area contributed by atoms with Crippen LogP contribution < -0.4 is 26.2 Å². The third-order valence-electron chi connectivity index (χ3n) is 6.08. The van der Waals surface area contributed by atoms with Crippen molar-refractivity contribution in [3.63, 3.8) is 0 Å². The molecule has 1 aromatic carbocycles. The minimum atomic E-state index is -4.38. The van der Waals surface area contributed by atoms with E-state index in [0.29, 0.717) is 0 Å². The molecule has 0 aliphatic carbocycles. The molecule has 15 heteroatoms.